The van der Waals surface area contributed by atoms with Crippen LogP contribution >= 0.6 is 0 Å². The van der Waals surface area contributed by atoms with Crippen LogP contribution in [0.2, 0.25) is 0 Å². The zero-order valence-electron chi connectivity index (χ0n) is 16.2. The highest BCUT2D eigenvalue weighted by molar-refractivity contribution is 6.01. The number of H-pyrrole nitrogens is 1. The molecule has 0 fully saturated rings. The van der Waals surface area contributed by atoms with Gasteiger partial charge in [0.2, 0.25) is 0 Å². The predicted octanol–water partition coefficient (Wildman–Crippen LogP) is 5.59. The maximum atomic E-state index is 6.20. The van der Waals surface area contributed by atoms with Crippen LogP contribution in [0.25, 0.3) is 22.2 Å². The molecular formula is C25H20N4O. The fraction of sp³-hybridized carbons (Fsp3) is 0.0400. The number of aromatic amines is 1. The van der Waals surface area contributed by atoms with E-state index >= 15 is 0 Å². The lowest BCUT2D eigenvalue weighted by molar-refractivity contribution is 0.483. The predicted molar refractivity (Wildman–Crippen MR) is 120 cm³/mol. The second-order valence-corrected chi connectivity index (χ2v) is 7.09. The number of nitrogens with one attached hydrogen (secondary N) is 1. The maximum Gasteiger partial charge on any atom is 0.155 e. The van der Waals surface area contributed by atoms with Gasteiger partial charge in [-0.1, -0.05) is 48.5 Å². The van der Waals surface area contributed by atoms with Gasteiger partial charge in [0.15, 0.2) is 5.82 Å². The number of fused-ring (bicyclic) bond motifs is 1. The third-order valence-electron chi connectivity index (χ3n) is 5.05. The maximum absolute atomic E-state index is 6.20. The van der Waals surface area contributed by atoms with Crippen LogP contribution in [0.1, 0.15) is 11.1 Å². The number of para-hydroxylation sites is 1. The van der Waals surface area contributed by atoms with Gasteiger partial charge in [-0.3, -0.25) is 10.1 Å². The third kappa shape index (κ3) is 3.49. The molecule has 30 heavy (non-hydrogen) atoms. The van der Waals surface area contributed by atoms with Crippen molar-refractivity contribution in [3.8, 4) is 22.8 Å². The van der Waals surface area contributed by atoms with Crippen LogP contribution in [-0.2, 0) is 6.42 Å². The highest BCUT2D eigenvalue weighted by atomic mass is 16.5. The van der Waals surface area contributed by atoms with E-state index in [1.54, 1.807) is 0 Å². The van der Waals surface area contributed by atoms with Gasteiger partial charge in [0.25, 0.3) is 0 Å². The topological polar surface area (TPSA) is 76.8 Å². The summed E-state index contributed by atoms with van der Waals surface area (Å²) in [6.45, 7) is 0. The number of nitrogens with two attached hydrogens (primary N) is 1. The van der Waals surface area contributed by atoms with Crippen LogP contribution in [-0.4, -0.2) is 15.2 Å². The van der Waals surface area contributed by atoms with Gasteiger partial charge in [-0.15, -0.1) is 0 Å². The number of aromatic nitrogens is 3. The lowest BCUT2D eigenvalue weighted by Crippen LogP contribution is -1.95. The number of ether oxygens (including phenoxy) is 1. The summed E-state index contributed by atoms with van der Waals surface area (Å²) in [6.07, 6.45) is 2.66. The van der Waals surface area contributed by atoms with E-state index in [-0.39, 0.29) is 0 Å². The Labute approximate surface area is 174 Å². The molecule has 0 atom stereocenters. The monoisotopic (exact) mass is 392 g/mol. The van der Waals surface area contributed by atoms with E-state index < -0.39 is 0 Å². The molecular weight excluding hydrogens is 372 g/mol. The molecule has 5 nitrogen and oxygen atoms in total. The average Bonchev–Trinajstić information content (AvgIpc) is 3.18. The van der Waals surface area contributed by atoms with Gasteiger partial charge in [-0.2, -0.15) is 5.10 Å². The number of hydrogen-bond donors (Lipinski definition) is 2. The molecule has 5 rings (SSSR count). The molecule has 0 aliphatic heterocycles. The SMILES string of the molecule is Nc1n[nH]c2c(Cc3ccccc3)cnc(-c3ccc(Oc4ccccc4)cc3)c12. The number of hydrogen-bond acceptors (Lipinski definition) is 4. The number of anilines is 1. The third-order valence-corrected chi connectivity index (χ3v) is 5.05. The van der Waals surface area contributed by atoms with Gasteiger partial charge in [0, 0.05) is 23.7 Å². The summed E-state index contributed by atoms with van der Waals surface area (Å²) in [6, 6.07) is 27.9. The van der Waals surface area contributed by atoms with Crippen molar-refractivity contribution in [2.75, 3.05) is 5.73 Å². The first-order chi connectivity index (χ1) is 14.8. The summed E-state index contributed by atoms with van der Waals surface area (Å²) in [5.74, 6) is 2.02. The minimum Gasteiger partial charge on any atom is -0.457 e. The number of pyridine rings is 1. The van der Waals surface area contributed by atoms with Crippen LogP contribution in [0.4, 0.5) is 5.82 Å². The standard InChI is InChI=1S/C25H20N4O/c26-25-22-23(18-11-13-21(14-12-18)30-20-9-5-2-6-10-20)27-16-19(24(22)28-29-25)15-17-7-3-1-4-8-17/h1-14,16H,15H2,(H3,26,28,29). The van der Waals surface area contributed by atoms with Crippen molar-refractivity contribution < 1.29 is 4.74 Å². The molecule has 2 heterocycles. The Hall–Kier alpha value is -4.12. The van der Waals surface area contributed by atoms with Crippen molar-refractivity contribution in [1.82, 2.24) is 15.2 Å². The zero-order valence-corrected chi connectivity index (χ0v) is 16.2. The van der Waals surface area contributed by atoms with Crippen LogP contribution in [0.15, 0.2) is 91.1 Å². The number of benzene rings is 3. The van der Waals surface area contributed by atoms with E-state index in [2.05, 4.69) is 22.3 Å². The van der Waals surface area contributed by atoms with Gasteiger partial charge in [-0.25, -0.2) is 0 Å². The minimum atomic E-state index is 0.451. The van der Waals surface area contributed by atoms with E-state index in [0.717, 1.165) is 45.6 Å². The minimum absolute atomic E-state index is 0.451. The molecule has 0 saturated heterocycles. The van der Waals surface area contributed by atoms with Crippen molar-refractivity contribution in [1.29, 1.82) is 0 Å². The molecule has 5 aromatic rings. The number of nitrogen functional groups attached to an aromatic ring is 1. The van der Waals surface area contributed by atoms with E-state index in [1.165, 1.54) is 5.56 Å². The zero-order chi connectivity index (χ0) is 20.3. The molecule has 0 bridgehead atoms. The van der Waals surface area contributed by atoms with Crippen molar-refractivity contribution in [3.63, 3.8) is 0 Å². The van der Waals surface area contributed by atoms with Crippen molar-refractivity contribution >= 4 is 16.7 Å². The summed E-state index contributed by atoms with van der Waals surface area (Å²) in [7, 11) is 0. The van der Waals surface area contributed by atoms with Crippen LogP contribution in [0, 0.1) is 0 Å². The van der Waals surface area contributed by atoms with Crippen molar-refractivity contribution in [3.05, 3.63) is 102 Å². The summed E-state index contributed by atoms with van der Waals surface area (Å²) in [4.78, 5) is 4.74. The summed E-state index contributed by atoms with van der Waals surface area (Å²) in [5, 5.41) is 8.18. The molecule has 0 amide bonds. The first-order valence-electron chi connectivity index (χ1n) is 9.76. The molecule has 5 heteroatoms. The molecule has 0 aliphatic rings. The molecule has 0 unspecified atom stereocenters. The van der Waals surface area contributed by atoms with Crippen LogP contribution in [0.3, 0.4) is 0 Å². The van der Waals surface area contributed by atoms with Crippen molar-refractivity contribution in [2.45, 2.75) is 6.42 Å². The molecule has 0 spiro atoms. The Balaban J connectivity index is 1.49. The average molecular weight is 392 g/mol. The molecule has 3 aromatic carbocycles. The summed E-state index contributed by atoms with van der Waals surface area (Å²) < 4.78 is 5.89. The Kier molecular flexibility index (Phi) is 4.62. The van der Waals surface area contributed by atoms with E-state index in [1.807, 2.05) is 79.0 Å². The normalized spacial score (nSPS) is 10.9. The molecule has 3 N–H and O–H groups in total. The second kappa shape index (κ2) is 7.72. The molecule has 0 saturated carbocycles. The fourth-order valence-electron chi connectivity index (χ4n) is 3.57. The summed E-state index contributed by atoms with van der Waals surface area (Å²) in [5.41, 5.74) is 11.2. The first-order valence-corrected chi connectivity index (χ1v) is 9.76. The fourth-order valence-corrected chi connectivity index (χ4v) is 3.57. The van der Waals surface area contributed by atoms with Crippen LogP contribution < -0.4 is 10.5 Å². The first kappa shape index (κ1) is 17.9. The van der Waals surface area contributed by atoms with Gasteiger partial charge in [-0.05, 0) is 42.0 Å². The van der Waals surface area contributed by atoms with E-state index in [0.29, 0.717) is 5.82 Å². The smallest absolute Gasteiger partial charge is 0.155 e. The van der Waals surface area contributed by atoms with Gasteiger partial charge < -0.3 is 10.5 Å². The number of rotatable bonds is 5. The molecule has 0 aliphatic carbocycles. The van der Waals surface area contributed by atoms with Gasteiger partial charge >= 0.3 is 0 Å². The second-order valence-electron chi connectivity index (χ2n) is 7.09. The highest BCUT2D eigenvalue weighted by Crippen LogP contribution is 2.33. The molecule has 0 radical (unpaired) electrons. The Bertz CT molecular complexity index is 1280. The highest BCUT2D eigenvalue weighted by Gasteiger charge is 2.15. The Morgan fingerprint density at radius 2 is 1.47 bits per heavy atom. The van der Waals surface area contributed by atoms with Gasteiger partial charge in [0.1, 0.15) is 11.5 Å². The Morgan fingerprint density at radius 3 is 2.20 bits per heavy atom. The van der Waals surface area contributed by atoms with Crippen LogP contribution in [0.5, 0.6) is 11.5 Å². The molecule has 146 valence electrons. The Morgan fingerprint density at radius 1 is 0.800 bits per heavy atom. The molecule has 2 aromatic heterocycles. The number of nitrogens with zero attached hydrogens (tertiary/aromatic N) is 2. The van der Waals surface area contributed by atoms with E-state index in [9.17, 15) is 0 Å². The van der Waals surface area contributed by atoms with Crippen molar-refractivity contribution in [2.24, 2.45) is 0 Å². The van der Waals surface area contributed by atoms with Gasteiger partial charge in [0.05, 0.1) is 16.6 Å². The largest absolute Gasteiger partial charge is 0.457 e. The lowest BCUT2D eigenvalue weighted by Gasteiger charge is -2.09. The quantitative estimate of drug-likeness (QED) is 0.409. The lowest BCUT2D eigenvalue weighted by atomic mass is 10.0. The van der Waals surface area contributed by atoms with E-state index in [4.69, 9.17) is 15.5 Å². The summed E-state index contributed by atoms with van der Waals surface area (Å²) >= 11 is 0.